The summed E-state index contributed by atoms with van der Waals surface area (Å²) in [5, 5.41) is 4.68. The second kappa shape index (κ2) is 12.7. The molecule has 2 aliphatic carbocycles. The van der Waals surface area contributed by atoms with Crippen LogP contribution in [0.15, 0.2) is 122 Å². The van der Waals surface area contributed by atoms with Gasteiger partial charge in [0.15, 0.2) is 11.6 Å². The summed E-state index contributed by atoms with van der Waals surface area (Å²) in [6.45, 7) is 0.458. The predicted octanol–water partition coefficient (Wildman–Crippen LogP) is 6.45. The Balaban J connectivity index is 0.000000415. The number of ether oxygens (including phenoxy) is 1. The van der Waals surface area contributed by atoms with Crippen molar-refractivity contribution in [1.82, 2.24) is 5.32 Å². The number of carbonyl (C=O) groups excluding carboxylic acids is 2. The number of nitrogens with one attached hydrogen (secondary N) is 1. The van der Waals surface area contributed by atoms with Crippen LogP contribution in [0, 0.1) is 11.7 Å². The molecule has 1 aliphatic heterocycles. The summed E-state index contributed by atoms with van der Waals surface area (Å²) in [5.41, 5.74) is 5.32. The van der Waals surface area contributed by atoms with Gasteiger partial charge in [0, 0.05) is 41.4 Å². The Morgan fingerprint density at radius 3 is 2.33 bits per heavy atom. The van der Waals surface area contributed by atoms with Crippen LogP contribution in [0.5, 0.6) is 5.75 Å². The molecule has 4 nitrogen and oxygen atoms in total. The minimum atomic E-state index is -0.582. The van der Waals surface area contributed by atoms with Crippen molar-refractivity contribution in [3.8, 4) is 16.9 Å². The van der Waals surface area contributed by atoms with Gasteiger partial charge in [0.2, 0.25) is 0 Å². The standard InChI is InChI=1S/C32H23FO3.C6H7N/c33-24-12-9-22(10-13-24)32(35)23-17-28-25-14-11-21-7-4-8-30(36-19-20-5-2-1-3-6-20)31(21)27(25)16-15-26(28)29(34)18-23;1-2-4-6-7-5-3-1/h1-10,12-17,23H,11,18-19H2;1-7H. The topological polar surface area (TPSA) is 55.4 Å². The first kappa shape index (κ1) is 27.9. The van der Waals surface area contributed by atoms with E-state index in [9.17, 15) is 14.0 Å². The highest BCUT2D eigenvalue weighted by Crippen LogP contribution is 2.35. The number of benzene rings is 4. The van der Waals surface area contributed by atoms with Crippen LogP contribution < -0.4 is 20.5 Å². The molecule has 5 heteroatoms. The molecule has 4 aromatic rings. The minimum Gasteiger partial charge on any atom is -0.488 e. The number of hydrogen-bond acceptors (Lipinski definition) is 4. The molecule has 0 saturated heterocycles. The number of hydrogen-bond donors (Lipinski definition) is 1. The van der Waals surface area contributed by atoms with E-state index >= 15 is 0 Å². The molecule has 43 heavy (non-hydrogen) atoms. The van der Waals surface area contributed by atoms with Crippen LogP contribution in [-0.2, 0) is 13.0 Å². The third-order valence-electron chi connectivity index (χ3n) is 7.69. The smallest absolute Gasteiger partial charge is 0.170 e. The largest absolute Gasteiger partial charge is 0.488 e. The average molecular weight is 568 g/mol. The minimum absolute atomic E-state index is 0.0522. The van der Waals surface area contributed by atoms with E-state index in [4.69, 9.17) is 4.74 Å². The lowest BCUT2D eigenvalue weighted by Crippen LogP contribution is -2.39. The third-order valence-corrected chi connectivity index (χ3v) is 7.69. The molecule has 0 bridgehead atoms. The first-order valence-electron chi connectivity index (χ1n) is 14.3. The summed E-state index contributed by atoms with van der Waals surface area (Å²) in [4.78, 5) is 26.2. The molecule has 4 aromatic carbocycles. The Morgan fingerprint density at radius 1 is 0.814 bits per heavy atom. The average Bonchev–Trinajstić information content (AvgIpc) is 3.38. The molecule has 0 saturated carbocycles. The maximum Gasteiger partial charge on any atom is 0.170 e. The molecule has 0 radical (unpaired) electrons. The van der Waals surface area contributed by atoms with Crippen LogP contribution in [-0.4, -0.2) is 11.6 Å². The Hall–Kier alpha value is -5.29. The number of carbonyl (C=O) groups is 2. The summed E-state index contributed by atoms with van der Waals surface area (Å²) < 4.78 is 19.6. The molecule has 3 aliphatic rings. The van der Waals surface area contributed by atoms with E-state index in [2.05, 4.69) is 17.5 Å². The van der Waals surface area contributed by atoms with Crippen molar-refractivity contribution >= 4 is 23.7 Å². The fraction of sp³-hybridized carbons (Fsp3) is 0.105. The number of allylic oxidation sites excluding steroid dienone is 4. The monoisotopic (exact) mass is 567 g/mol. The van der Waals surface area contributed by atoms with Gasteiger partial charge in [-0.25, -0.2) is 4.39 Å². The fourth-order valence-corrected chi connectivity index (χ4v) is 5.59. The molecule has 1 unspecified atom stereocenters. The highest BCUT2D eigenvalue weighted by Gasteiger charge is 2.28. The van der Waals surface area contributed by atoms with E-state index in [0.29, 0.717) is 24.2 Å². The van der Waals surface area contributed by atoms with Crippen LogP contribution in [0.25, 0.3) is 23.3 Å². The molecular weight excluding hydrogens is 537 g/mol. The van der Waals surface area contributed by atoms with E-state index in [1.54, 1.807) is 0 Å². The second-order valence-electron chi connectivity index (χ2n) is 10.5. The van der Waals surface area contributed by atoms with E-state index in [-0.39, 0.29) is 18.0 Å². The van der Waals surface area contributed by atoms with Crippen molar-refractivity contribution in [2.75, 3.05) is 0 Å². The SMILES string of the molecule is C1=CC=CNC=C1.O=C1CC(C(=O)c2ccc(F)cc2)C=c2c1ccc1c2=CCc2cccc(OCc3ccccc3)c2-1. The van der Waals surface area contributed by atoms with E-state index in [0.717, 1.165) is 38.4 Å². The molecule has 0 aromatic heterocycles. The Bertz CT molecular complexity index is 1870. The summed E-state index contributed by atoms with van der Waals surface area (Å²) in [6, 6.07) is 25.5. The second-order valence-corrected chi connectivity index (χ2v) is 10.5. The van der Waals surface area contributed by atoms with Gasteiger partial charge in [-0.2, -0.15) is 0 Å². The van der Waals surface area contributed by atoms with Gasteiger partial charge < -0.3 is 10.1 Å². The normalized spacial score (nSPS) is 15.7. The Morgan fingerprint density at radius 2 is 1.56 bits per heavy atom. The molecule has 1 N–H and O–H groups in total. The van der Waals surface area contributed by atoms with E-state index in [1.165, 1.54) is 24.3 Å². The molecule has 1 heterocycles. The zero-order chi connectivity index (χ0) is 29.6. The highest BCUT2D eigenvalue weighted by atomic mass is 19.1. The molecule has 0 amide bonds. The van der Waals surface area contributed by atoms with Gasteiger partial charge in [0.05, 0.1) is 0 Å². The maximum atomic E-state index is 13.4. The van der Waals surface area contributed by atoms with Gasteiger partial charge in [0.25, 0.3) is 0 Å². The number of ketones is 2. The van der Waals surface area contributed by atoms with Crippen LogP contribution >= 0.6 is 0 Å². The van der Waals surface area contributed by atoms with Gasteiger partial charge in [0.1, 0.15) is 18.2 Å². The van der Waals surface area contributed by atoms with Crippen molar-refractivity contribution < 1.29 is 18.7 Å². The molecule has 0 fully saturated rings. The quantitative estimate of drug-likeness (QED) is 0.282. The molecule has 0 spiro atoms. The van der Waals surface area contributed by atoms with E-state index in [1.807, 2.05) is 97.4 Å². The van der Waals surface area contributed by atoms with Crippen molar-refractivity contribution in [2.24, 2.45) is 5.92 Å². The van der Waals surface area contributed by atoms with Crippen molar-refractivity contribution in [2.45, 2.75) is 19.4 Å². The number of halogens is 1. The van der Waals surface area contributed by atoms with Crippen molar-refractivity contribution in [3.05, 3.63) is 160 Å². The lowest BCUT2D eigenvalue weighted by Gasteiger charge is -2.22. The van der Waals surface area contributed by atoms with Crippen LogP contribution in [0.4, 0.5) is 4.39 Å². The Kier molecular flexibility index (Phi) is 8.23. The highest BCUT2D eigenvalue weighted by molar-refractivity contribution is 6.08. The predicted molar refractivity (Wildman–Crippen MR) is 168 cm³/mol. The Labute approximate surface area is 249 Å². The van der Waals surface area contributed by atoms with Gasteiger partial charge in [-0.1, -0.05) is 78.9 Å². The third kappa shape index (κ3) is 6.16. The van der Waals surface area contributed by atoms with Gasteiger partial charge in [-0.05, 0) is 76.0 Å². The molecule has 1 atom stereocenters. The lowest BCUT2D eigenvalue weighted by atomic mass is 9.81. The van der Waals surface area contributed by atoms with Gasteiger partial charge in [-0.3, -0.25) is 9.59 Å². The number of Topliss-reactive ketones (excluding diaryl/α,β-unsaturated/α-hetero) is 2. The first-order chi connectivity index (χ1) is 21.1. The van der Waals surface area contributed by atoms with Crippen LogP contribution in [0.1, 0.15) is 38.3 Å². The summed E-state index contributed by atoms with van der Waals surface area (Å²) in [7, 11) is 0. The molecular formula is C38H30FNO3. The van der Waals surface area contributed by atoms with E-state index < -0.39 is 11.7 Å². The van der Waals surface area contributed by atoms with Crippen LogP contribution in [0.3, 0.4) is 0 Å². The fourth-order valence-electron chi connectivity index (χ4n) is 5.59. The lowest BCUT2D eigenvalue weighted by molar-refractivity contribution is 0.0881. The van der Waals surface area contributed by atoms with Crippen molar-refractivity contribution in [3.63, 3.8) is 0 Å². The summed E-state index contributed by atoms with van der Waals surface area (Å²) in [6.07, 6.45) is 16.4. The number of rotatable bonds is 5. The zero-order valence-electron chi connectivity index (χ0n) is 23.5. The number of fused-ring (bicyclic) bond motifs is 5. The summed E-state index contributed by atoms with van der Waals surface area (Å²) in [5.74, 6) is -0.403. The van der Waals surface area contributed by atoms with Gasteiger partial charge >= 0.3 is 0 Å². The van der Waals surface area contributed by atoms with Gasteiger partial charge in [-0.15, -0.1) is 0 Å². The molecule has 7 rings (SSSR count). The zero-order valence-corrected chi connectivity index (χ0v) is 23.5. The van der Waals surface area contributed by atoms with Crippen LogP contribution in [0.2, 0.25) is 0 Å². The molecule has 212 valence electrons. The maximum absolute atomic E-state index is 13.4. The van der Waals surface area contributed by atoms with Crippen molar-refractivity contribution in [1.29, 1.82) is 0 Å². The summed E-state index contributed by atoms with van der Waals surface area (Å²) >= 11 is 0. The first-order valence-corrected chi connectivity index (χ1v) is 14.3.